The first-order valence-corrected chi connectivity index (χ1v) is 9.47. The highest BCUT2D eigenvalue weighted by molar-refractivity contribution is 6.21. The Labute approximate surface area is 164 Å². The van der Waals surface area contributed by atoms with Crippen LogP contribution in [0.15, 0.2) is 48.5 Å². The zero-order valence-electron chi connectivity index (χ0n) is 15.9. The number of rotatable bonds is 9. The van der Waals surface area contributed by atoms with E-state index in [1.165, 1.54) is 4.90 Å². The molecule has 0 unspecified atom stereocenters. The molecular formula is C22H24N2O4. The third kappa shape index (κ3) is 4.76. The van der Waals surface area contributed by atoms with Crippen molar-refractivity contribution >= 4 is 17.7 Å². The van der Waals surface area contributed by atoms with Crippen LogP contribution in [0.3, 0.4) is 0 Å². The van der Waals surface area contributed by atoms with Crippen LogP contribution in [0.5, 0.6) is 5.75 Å². The van der Waals surface area contributed by atoms with Crippen molar-refractivity contribution in [3.05, 3.63) is 65.2 Å². The fraction of sp³-hybridized carbons (Fsp3) is 0.318. The van der Waals surface area contributed by atoms with Crippen molar-refractivity contribution in [2.75, 3.05) is 19.7 Å². The molecule has 1 aliphatic heterocycles. The van der Waals surface area contributed by atoms with E-state index in [2.05, 4.69) is 5.32 Å². The van der Waals surface area contributed by atoms with Crippen molar-refractivity contribution in [3.63, 3.8) is 0 Å². The smallest absolute Gasteiger partial charge is 0.261 e. The summed E-state index contributed by atoms with van der Waals surface area (Å²) < 4.78 is 5.57. The van der Waals surface area contributed by atoms with Crippen LogP contribution in [0, 0.1) is 6.92 Å². The molecule has 0 aliphatic carbocycles. The highest BCUT2D eigenvalue weighted by Crippen LogP contribution is 2.24. The van der Waals surface area contributed by atoms with E-state index >= 15 is 0 Å². The predicted molar refractivity (Wildman–Crippen MR) is 105 cm³/mol. The van der Waals surface area contributed by atoms with Gasteiger partial charge in [-0.25, -0.2) is 0 Å². The van der Waals surface area contributed by atoms with E-state index in [4.69, 9.17) is 4.74 Å². The summed E-state index contributed by atoms with van der Waals surface area (Å²) in [4.78, 5) is 37.9. The lowest BCUT2D eigenvalue weighted by molar-refractivity contribution is -0.121. The Morgan fingerprint density at radius 1 is 1.00 bits per heavy atom. The topological polar surface area (TPSA) is 75.7 Å². The van der Waals surface area contributed by atoms with Crippen molar-refractivity contribution in [1.82, 2.24) is 10.2 Å². The number of aryl methyl sites for hydroxylation is 1. The van der Waals surface area contributed by atoms with Gasteiger partial charge in [0.1, 0.15) is 5.75 Å². The molecule has 0 aromatic heterocycles. The molecule has 1 N–H and O–H groups in total. The third-order valence-corrected chi connectivity index (χ3v) is 4.57. The molecule has 146 valence electrons. The molecule has 3 rings (SSSR count). The van der Waals surface area contributed by atoms with Gasteiger partial charge in [0.15, 0.2) is 0 Å². The molecule has 0 bridgehead atoms. The Morgan fingerprint density at radius 3 is 2.54 bits per heavy atom. The Morgan fingerprint density at radius 2 is 1.75 bits per heavy atom. The molecule has 0 saturated heterocycles. The maximum Gasteiger partial charge on any atom is 0.261 e. The second-order valence-corrected chi connectivity index (χ2v) is 6.78. The SMILES string of the molecule is Cc1ccc2c(c1)C(=O)N(CCCC(=O)NCCCOc1ccccc1)C2=O. The van der Waals surface area contributed by atoms with E-state index in [9.17, 15) is 14.4 Å². The van der Waals surface area contributed by atoms with E-state index in [-0.39, 0.29) is 30.7 Å². The quantitative estimate of drug-likeness (QED) is 0.536. The number of imide groups is 1. The monoisotopic (exact) mass is 380 g/mol. The van der Waals surface area contributed by atoms with Crippen LogP contribution < -0.4 is 10.1 Å². The Kier molecular flexibility index (Phi) is 6.42. The van der Waals surface area contributed by atoms with E-state index in [0.29, 0.717) is 37.1 Å². The van der Waals surface area contributed by atoms with Gasteiger partial charge in [-0.15, -0.1) is 0 Å². The van der Waals surface area contributed by atoms with Crippen LogP contribution in [0.1, 0.15) is 45.5 Å². The van der Waals surface area contributed by atoms with Gasteiger partial charge in [0.2, 0.25) is 5.91 Å². The molecule has 0 atom stereocenters. The Bertz CT molecular complexity index is 864. The molecule has 2 aromatic carbocycles. The van der Waals surface area contributed by atoms with Gasteiger partial charge in [0.25, 0.3) is 11.8 Å². The van der Waals surface area contributed by atoms with Crippen molar-refractivity contribution in [1.29, 1.82) is 0 Å². The largest absolute Gasteiger partial charge is 0.494 e. The molecule has 0 spiro atoms. The van der Waals surface area contributed by atoms with Crippen LogP contribution in [0.25, 0.3) is 0 Å². The Balaban J connectivity index is 1.33. The lowest BCUT2D eigenvalue weighted by atomic mass is 10.1. The molecule has 2 aromatic rings. The summed E-state index contributed by atoms with van der Waals surface area (Å²) in [6, 6.07) is 14.8. The summed E-state index contributed by atoms with van der Waals surface area (Å²) in [6.45, 7) is 3.18. The molecule has 6 heteroatoms. The second-order valence-electron chi connectivity index (χ2n) is 6.78. The van der Waals surface area contributed by atoms with Crippen LogP contribution in [-0.2, 0) is 4.79 Å². The zero-order valence-corrected chi connectivity index (χ0v) is 15.9. The fourth-order valence-electron chi connectivity index (χ4n) is 3.10. The van der Waals surface area contributed by atoms with Crippen molar-refractivity contribution in [2.45, 2.75) is 26.2 Å². The van der Waals surface area contributed by atoms with Crippen molar-refractivity contribution < 1.29 is 19.1 Å². The molecular weight excluding hydrogens is 356 g/mol. The molecule has 3 amide bonds. The van der Waals surface area contributed by atoms with Gasteiger partial charge >= 0.3 is 0 Å². The first-order chi connectivity index (χ1) is 13.6. The first kappa shape index (κ1) is 19.6. The number of hydrogen-bond donors (Lipinski definition) is 1. The van der Waals surface area contributed by atoms with Crippen LogP contribution in [-0.4, -0.2) is 42.3 Å². The maximum atomic E-state index is 12.4. The minimum absolute atomic E-state index is 0.0906. The molecule has 28 heavy (non-hydrogen) atoms. The zero-order chi connectivity index (χ0) is 19.9. The summed E-state index contributed by atoms with van der Waals surface area (Å²) in [5.74, 6) is 0.165. The first-order valence-electron chi connectivity index (χ1n) is 9.47. The van der Waals surface area contributed by atoms with Gasteiger partial charge in [-0.3, -0.25) is 19.3 Å². The standard InChI is InChI=1S/C22H24N2O4/c1-16-10-11-18-19(15-16)22(27)24(21(18)26)13-5-9-20(25)23-12-6-14-28-17-7-3-2-4-8-17/h2-4,7-8,10-11,15H,5-6,9,12-14H2,1H3,(H,23,25). The molecule has 1 aliphatic rings. The normalized spacial score (nSPS) is 12.8. The molecule has 0 saturated carbocycles. The van der Waals surface area contributed by atoms with Crippen LogP contribution in [0.2, 0.25) is 0 Å². The van der Waals surface area contributed by atoms with E-state index in [1.807, 2.05) is 43.3 Å². The summed E-state index contributed by atoms with van der Waals surface area (Å²) in [6.07, 6.45) is 1.42. The van der Waals surface area contributed by atoms with E-state index in [1.54, 1.807) is 12.1 Å². The van der Waals surface area contributed by atoms with Crippen LogP contribution in [0.4, 0.5) is 0 Å². The van der Waals surface area contributed by atoms with Crippen LogP contribution >= 0.6 is 0 Å². The number of ether oxygens (including phenoxy) is 1. The number of fused-ring (bicyclic) bond motifs is 1. The summed E-state index contributed by atoms with van der Waals surface area (Å²) in [7, 11) is 0. The maximum absolute atomic E-state index is 12.4. The number of hydrogen-bond acceptors (Lipinski definition) is 4. The molecule has 6 nitrogen and oxygen atoms in total. The van der Waals surface area contributed by atoms with Gasteiger partial charge in [-0.1, -0.05) is 29.8 Å². The van der Waals surface area contributed by atoms with Gasteiger partial charge in [-0.05, 0) is 44.0 Å². The minimum atomic E-state index is -0.279. The van der Waals surface area contributed by atoms with Crippen molar-refractivity contribution in [3.8, 4) is 5.75 Å². The summed E-state index contributed by atoms with van der Waals surface area (Å²) in [5.41, 5.74) is 1.84. The molecule has 0 fully saturated rings. The Hall–Kier alpha value is -3.15. The molecule has 0 radical (unpaired) electrons. The molecule has 1 heterocycles. The number of amides is 3. The predicted octanol–water partition coefficient (Wildman–Crippen LogP) is 2.96. The lowest BCUT2D eigenvalue weighted by Crippen LogP contribution is -2.32. The third-order valence-electron chi connectivity index (χ3n) is 4.57. The number of benzene rings is 2. The van der Waals surface area contributed by atoms with Crippen molar-refractivity contribution in [2.24, 2.45) is 0 Å². The van der Waals surface area contributed by atoms with Gasteiger partial charge in [-0.2, -0.15) is 0 Å². The minimum Gasteiger partial charge on any atom is -0.494 e. The average Bonchev–Trinajstić information content (AvgIpc) is 2.93. The van der Waals surface area contributed by atoms with E-state index < -0.39 is 0 Å². The number of nitrogens with one attached hydrogen (secondary N) is 1. The van der Waals surface area contributed by atoms with E-state index in [0.717, 1.165) is 11.3 Å². The summed E-state index contributed by atoms with van der Waals surface area (Å²) >= 11 is 0. The highest BCUT2D eigenvalue weighted by Gasteiger charge is 2.34. The average molecular weight is 380 g/mol. The lowest BCUT2D eigenvalue weighted by Gasteiger charge is -2.13. The number of carbonyl (C=O) groups excluding carboxylic acids is 3. The van der Waals surface area contributed by atoms with Gasteiger partial charge in [0.05, 0.1) is 17.7 Å². The van der Waals surface area contributed by atoms with Gasteiger partial charge < -0.3 is 10.1 Å². The highest BCUT2D eigenvalue weighted by atomic mass is 16.5. The number of carbonyl (C=O) groups is 3. The fourth-order valence-corrected chi connectivity index (χ4v) is 3.10. The second kappa shape index (κ2) is 9.17. The number of nitrogens with zero attached hydrogens (tertiary/aromatic N) is 1. The number of para-hydroxylation sites is 1. The summed E-state index contributed by atoms with van der Waals surface area (Å²) in [5, 5.41) is 2.83. The van der Waals surface area contributed by atoms with Gasteiger partial charge in [0, 0.05) is 19.5 Å².